The molecule has 1 rings (SSSR count). The van der Waals surface area contributed by atoms with Crippen LogP contribution in [0, 0.1) is 12.8 Å². The number of benzene rings is 1. The van der Waals surface area contributed by atoms with Crippen LogP contribution >= 0.6 is 0 Å². The fraction of sp³-hybridized carbons (Fsp3) is 0.611. The molecule has 124 valence electrons. The van der Waals surface area contributed by atoms with E-state index >= 15 is 0 Å². The molecule has 0 aliphatic heterocycles. The Morgan fingerprint density at radius 1 is 1.27 bits per heavy atom. The molecule has 0 saturated heterocycles. The zero-order valence-corrected chi connectivity index (χ0v) is 14.4. The Kier molecular flexibility index (Phi) is 6.88. The van der Waals surface area contributed by atoms with Crippen molar-refractivity contribution in [1.82, 2.24) is 10.6 Å². The van der Waals surface area contributed by atoms with E-state index in [1.807, 2.05) is 13.0 Å². The second-order valence-corrected chi connectivity index (χ2v) is 7.01. The van der Waals surface area contributed by atoms with Crippen LogP contribution in [0.25, 0.3) is 0 Å². The van der Waals surface area contributed by atoms with Gasteiger partial charge in [-0.05, 0) is 31.7 Å². The number of carbonyl (C=O) groups is 1. The molecule has 2 unspecified atom stereocenters. The topological polar surface area (TPSA) is 61.4 Å². The van der Waals surface area contributed by atoms with E-state index in [2.05, 4.69) is 49.6 Å². The Labute approximate surface area is 134 Å². The van der Waals surface area contributed by atoms with Crippen molar-refractivity contribution in [2.24, 2.45) is 5.92 Å². The summed E-state index contributed by atoms with van der Waals surface area (Å²) in [6.45, 7) is 11.2. The smallest absolute Gasteiger partial charge is 0.314 e. The molecule has 1 aromatic carbocycles. The van der Waals surface area contributed by atoms with Crippen molar-refractivity contribution in [3.63, 3.8) is 0 Å². The van der Waals surface area contributed by atoms with E-state index in [-0.39, 0.29) is 23.5 Å². The molecule has 0 aliphatic rings. The number of urea groups is 1. The summed E-state index contributed by atoms with van der Waals surface area (Å²) in [4.78, 5) is 11.9. The maximum absolute atomic E-state index is 11.9. The molecule has 0 heterocycles. The van der Waals surface area contributed by atoms with Gasteiger partial charge in [0.2, 0.25) is 0 Å². The summed E-state index contributed by atoms with van der Waals surface area (Å²) in [6.07, 6.45) is 0.356. The van der Waals surface area contributed by atoms with Crippen LogP contribution in [0.3, 0.4) is 0 Å². The van der Waals surface area contributed by atoms with Crippen molar-refractivity contribution in [2.75, 3.05) is 13.1 Å². The summed E-state index contributed by atoms with van der Waals surface area (Å²) >= 11 is 0. The summed E-state index contributed by atoms with van der Waals surface area (Å²) in [5.41, 5.74) is 2.33. The maximum Gasteiger partial charge on any atom is 0.314 e. The molecular weight excluding hydrogens is 276 g/mol. The van der Waals surface area contributed by atoms with Gasteiger partial charge in [0.05, 0.1) is 6.10 Å². The predicted octanol–water partition coefficient (Wildman–Crippen LogP) is 2.98. The predicted molar refractivity (Wildman–Crippen MR) is 91.1 cm³/mol. The van der Waals surface area contributed by atoms with E-state index < -0.39 is 0 Å². The van der Waals surface area contributed by atoms with E-state index in [0.29, 0.717) is 19.5 Å². The monoisotopic (exact) mass is 306 g/mol. The van der Waals surface area contributed by atoms with Gasteiger partial charge in [0.1, 0.15) is 0 Å². The first kappa shape index (κ1) is 18.5. The molecule has 0 radical (unpaired) electrons. The molecule has 0 aromatic heterocycles. The van der Waals surface area contributed by atoms with Gasteiger partial charge < -0.3 is 15.7 Å². The minimum atomic E-state index is -0.333. The number of aliphatic hydroxyl groups excluding tert-OH is 1. The lowest BCUT2D eigenvalue weighted by molar-refractivity contribution is 0.163. The van der Waals surface area contributed by atoms with Crippen molar-refractivity contribution in [3.8, 4) is 0 Å². The molecule has 4 heteroatoms. The molecule has 0 saturated carbocycles. The molecule has 3 N–H and O–H groups in total. The highest BCUT2D eigenvalue weighted by Crippen LogP contribution is 2.22. The lowest BCUT2D eigenvalue weighted by atomic mass is 9.84. The van der Waals surface area contributed by atoms with Crippen LogP contribution in [0.4, 0.5) is 4.79 Å². The van der Waals surface area contributed by atoms with Gasteiger partial charge in [-0.25, -0.2) is 4.79 Å². The highest BCUT2D eigenvalue weighted by atomic mass is 16.3. The van der Waals surface area contributed by atoms with Crippen LogP contribution in [0.15, 0.2) is 24.3 Å². The first-order valence-corrected chi connectivity index (χ1v) is 7.97. The Hall–Kier alpha value is -1.55. The zero-order valence-electron chi connectivity index (χ0n) is 14.4. The van der Waals surface area contributed by atoms with Gasteiger partial charge in [0.15, 0.2) is 0 Å². The molecule has 1 aromatic rings. The fourth-order valence-electron chi connectivity index (χ4n) is 2.46. The normalized spacial score (nSPS) is 14.3. The third-order valence-electron chi connectivity index (χ3n) is 3.84. The second-order valence-electron chi connectivity index (χ2n) is 7.01. The van der Waals surface area contributed by atoms with Gasteiger partial charge in [-0.1, -0.05) is 50.6 Å². The van der Waals surface area contributed by atoms with Crippen molar-refractivity contribution in [2.45, 2.75) is 52.6 Å². The number of carbonyl (C=O) groups excluding carboxylic acids is 1. The van der Waals surface area contributed by atoms with Crippen LogP contribution in [-0.4, -0.2) is 30.3 Å². The quantitative estimate of drug-likeness (QED) is 0.725. The van der Waals surface area contributed by atoms with Crippen molar-refractivity contribution >= 4 is 6.03 Å². The summed E-state index contributed by atoms with van der Waals surface area (Å²) in [5, 5.41) is 15.1. The molecule has 22 heavy (non-hydrogen) atoms. The number of amides is 2. The Balaban J connectivity index is 2.42. The highest BCUT2D eigenvalue weighted by molar-refractivity contribution is 5.73. The highest BCUT2D eigenvalue weighted by Gasteiger charge is 2.21. The number of rotatable bonds is 7. The lowest BCUT2D eigenvalue weighted by Crippen LogP contribution is -2.43. The lowest BCUT2D eigenvalue weighted by Gasteiger charge is -2.26. The molecule has 4 nitrogen and oxygen atoms in total. The fourth-order valence-corrected chi connectivity index (χ4v) is 2.46. The minimum Gasteiger partial charge on any atom is -0.393 e. The van der Waals surface area contributed by atoms with E-state index in [1.54, 1.807) is 6.92 Å². The third-order valence-corrected chi connectivity index (χ3v) is 3.84. The van der Waals surface area contributed by atoms with E-state index in [1.165, 1.54) is 11.1 Å². The molecule has 2 amide bonds. The number of aliphatic hydroxyl groups is 1. The summed E-state index contributed by atoms with van der Waals surface area (Å²) in [6, 6.07) is 8.22. The van der Waals surface area contributed by atoms with Crippen LogP contribution in [-0.2, 0) is 5.41 Å². The van der Waals surface area contributed by atoms with Gasteiger partial charge in [-0.15, -0.1) is 0 Å². The average molecular weight is 306 g/mol. The van der Waals surface area contributed by atoms with E-state index in [0.717, 1.165) is 0 Å². The SMILES string of the molecule is Cc1cccc(C(C)(C)CNC(=O)NCC(C)CC(C)O)c1. The van der Waals surface area contributed by atoms with Crippen LogP contribution in [0.2, 0.25) is 0 Å². The van der Waals surface area contributed by atoms with Crippen molar-refractivity contribution in [3.05, 3.63) is 35.4 Å². The summed E-state index contributed by atoms with van der Waals surface area (Å²) in [7, 11) is 0. The Morgan fingerprint density at radius 3 is 2.55 bits per heavy atom. The summed E-state index contributed by atoms with van der Waals surface area (Å²) in [5.74, 6) is 0.260. The van der Waals surface area contributed by atoms with Crippen molar-refractivity contribution < 1.29 is 9.90 Å². The molecule has 0 aliphatic carbocycles. The van der Waals surface area contributed by atoms with Crippen molar-refractivity contribution in [1.29, 1.82) is 0 Å². The zero-order chi connectivity index (χ0) is 16.8. The largest absolute Gasteiger partial charge is 0.393 e. The standard InChI is InChI=1S/C18H30N2O2/c1-13-7-6-8-16(10-13)18(4,5)12-20-17(22)19-11-14(2)9-15(3)21/h6-8,10,14-15,21H,9,11-12H2,1-5H3,(H2,19,20,22). The Bertz CT molecular complexity index is 484. The Morgan fingerprint density at radius 2 is 1.95 bits per heavy atom. The van der Waals surface area contributed by atoms with E-state index in [4.69, 9.17) is 0 Å². The van der Waals surface area contributed by atoms with Crippen LogP contribution < -0.4 is 10.6 Å². The van der Waals surface area contributed by atoms with Gasteiger partial charge in [-0.3, -0.25) is 0 Å². The van der Waals surface area contributed by atoms with Gasteiger partial charge in [0, 0.05) is 18.5 Å². The number of hydrogen-bond donors (Lipinski definition) is 3. The molecule has 2 atom stereocenters. The van der Waals surface area contributed by atoms with Crippen LogP contribution in [0.5, 0.6) is 0 Å². The van der Waals surface area contributed by atoms with Gasteiger partial charge in [0.25, 0.3) is 0 Å². The molecule has 0 fully saturated rings. The first-order valence-electron chi connectivity index (χ1n) is 7.97. The van der Waals surface area contributed by atoms with Gasteiger partial charge >= 0.3 is 6.03 Å². The average Bonchev–Trinajstić information content (AvgIpc) is 2.42. The first-order chi connectivity index (χ1) is 10.2. The summed E-state index contributed by atoms with van der Waals surface area (Å²) < 4.78 is 0. The van der Waals surface area contributed by atoms with E-state index in [9.17, 15) is 9.90 Å². The number of aryl methyl sites for hydroxylation is 1. The molecule has 0 bridgehead atoms. The number of nitrogens with one attached hydrogen (secondary N) is 2. The van der Waals surface area contributed by atoms with Crippen LogP contribution in [0.1, 0.15) is 45.2 Å². The minimum absolute atomic E-state index is 0.116. The second kappa shape index (κ2) is 8.18. The maximum atomic E-state index is 11.9. The van der Waals surface area contributed by atoms with Gasteiger partial charge in [-0.2, -0.15) is 0 Å². The third kappa shape index (κ3) is 6.48. The molecular formula is C18H30N2O2. The molecule has 0 spiro atoms. The number of hydrogen-bond acceptors (Lipinski definition) is 2.